The van der Waals surface area contributed by atoms with E-state index >= 15 is 0 Å². The van der Waals surface area contributed by atoms with Gasteiger partial charge in [-0.3, -0.25) is 9.36 Å². The number of aromatic nitrogens is 4. The Morgan fingerprint density at radius 2 is 1.96 bits per heavy atom. The highest BCUT2D eigenvalue weighted by atomic mass is 32.2. The smallest absolute Gasteiger partial charge is 0.272 e. The highest BCUT2D eigenvalue weighted by molar-refractivity contribution is 7.89. The van der Waals surface area contributed by atoms with E-state index in [2.05, 4.69) is 14.9 Å². The second-order valence-electron chi connectivity index (χ2n) is 5.81. The molecule has 11 heteroatoms. The quantitative estimate of drug-likeness (QED) is 0.798. The number of sulfonamides is 1. The maximum atomic E-state index is 12.5. The Bertz CT molecular complexity index is 826. The molecule has 0 spiro atoms. The molecule has 0 amide bonds. The van der Waals surface area contributed by atoms with E-state index in [-0.39, 0.29) is 23.9 Å². The predicted octanol–water partition coefficient (Wildman–Crippen LogP) is 2.04. The Labute approximate surface area is 143 Å². The maximum Gasteiger partial charge on any atom is 0.435 e. The first-order valence-electron chi connectivity index (χ1n) is 7.67. The second kappa shape index (κ2) is 7.16. The van der Waals surface area contributed by atoms with Gasteiger partial charge in [-0.25, -0.2) is 13.1 Å². The Morgan fingerprint density at radius 1 is 1.28 bits per heavy atom. The molecule has 0 saturated heterocycles. The van der Waals surface area contributed by atoms with Crippen molar-refractivity contribution in [1.82, 2.24) is 24.3 Å². The van der Waals surface area contributed by atoms with Crippen LogP contribution >= 0.6 is 0 Å². The van der Waals surface area contributed by atoms with Crippen LogP contribution in [0.3, 0.4) is 0 Å². The molecule has 2 aromatic rings. The lowest BCUT2D eigenvalue weighted by Crippen LogP contribution is -2.30. The van der Waals surface area contributed by atoms with Gasteiger partial charge in [0.15, 0.2) is 5.69 Å². The summed E-state index contributed by atoms with van der Waals surface area (Å²) in [6.45, 7) is 5.95. The minimum atomic E-state index is -4.49. The zero-order valence-electron chi connectivity index (χ0n) is 14.1. The summed E-state index contributed by atoms with van der Waals surface area (Å²) in [4.78, 5) is 0.0972. The molecule has 0 aliphatic heterocycles. The van der Waals surface area contributed by atoms with Crippen molar-refractivity contribution in [3.63, 3.8) is 0 Å². The van der Waals surface area contributed by atoms with Gasteiger partial charge >= 0.3 is 6.18 Å². The van der Waals surface area contributed by atoms with Crippen molar-refractivity contribution in [2.45, 2.75) is 44.9 Å². The molecule has 0 fully saturated rings. The Kier molecular flexibility index (Phi) is 5.57. The first-order chi connectivity index (χ1) is 11.5. The van der Waals surface area contributed by atoms with E-state index in [0.717, 1.165) is 10.7 Å². The van der Waals surface area contributed by atoms with Crippen molar-refractivity contribution in [2.75, 3.05) is 6.54 Å². The highest BCUT2D eigenvalue weighted by Gasteiger charge is 2.33. The fraction of sp³-hybridized carbons (Fsp3) is 0.571. The molecule has 2 rings (SSSR count). The lowest BCUT2D eigenvalue weighted by molar-refractivity contribution is -0.141. The minimum Gasteiger partial charge on any atom is -0.272 e. The van der Waals surface area contributed by atoms with Gasteiger partial charge in [0.2, 0.25) is 10.0 Å². The van der Waals surface area contributed by atoms with E-state index < -0.39 is 21.9 Å². The van der Waals surface area contributed by atoms with Crippen molar-refractivity contribution in [3.8, 4) is 0 Å². The summed E-state index contributed by atoms with van der Waals surface area (Å²) in [6.07, 6.45) is -1.82. The van der Waals surface area contributed by atoms with Gasteiger partial charge < -0.3 is 0 Å². The van der Waals surface area contributed by atoms with Crippen LogP contribution in [0.1, 0.15) is 25.2 Å². The largest absolute Gasteiger partial charge is 0.435 e. The molecule has 1 atom stereocenters. The van der Waals surface area contributed by atoms with E-state index in [9.17, 15) is 21.6 Å². The minimum absolute atomic E-state index is 0.0697. The molecule has 0 radical (unpaired) electrons. The second-order valence-corrected chi connectivity index (χ2v) is 7.55. The van der Waals surface area contributed by atoms with Crippen molar-refractivity contribution in [1.29, 1.82) is 0 Å². The molecular weight excluding hydrogens is 359 g/mol. The third-order valence-corrected chi connectivity index (χ3v) is 5.09. The average molecular weight is 379 g/mol. The van der Waals surface area contributed by atoms with Gasteiger partial charge in [-0.1, -0.05) is 6.92 Å². The first kappa shape index (κ1) is 19.4. The number of hydrogen-bond donors (Lipinski definition) is 1. The van der Waals surface area contributed by atoms with Crippen LogP contribution in [0.4, 0.5) is 13.2 Å². The molecule has 0 unspecified atom stereocenters. The number of nitrogens with one attached hydrogen (secondary N) is 1. The fourth-order valence-corrected chi connectivity index (χ4v) is 3.60. The van der Waals surface area contributed by atoms with Crippen LogP contribution in [-0.4, -0.2) is 34.5 Å². The van der Waals surface area contributed by atoms with E-state index in [1.807, 2.05) is 6.92 Å². The standard InChI is InChI=1S/C14H20F3N5O2S/c1-4-21-9-12(11(3)19-21)25(23,24)18-7-10(2)8-22-6-5-13(20-22)14(15,16)17/h5-6,9-10,18H,4,7-8H2,1-3H3/t10-/m1/s1. The van der Waals surface area contributed by atoms with E-state index in [0.29, 0.717) is 12.2 Å². The van der Waals surface area contributed by atoms with Crippen molar-refractivity contribution in [2.24, 2.45) is 5.92 Å². The molecular formula is C14H20F3N5O2S. The first-order valence-corrected chi connectivity index (χ1v) is 9.15. The third-order valence-electron chi connectivity index (χ3n) is 3.57. The van der Waals surface area contributed by atoms with Crippen LogP contribution in [0, 0.1) is 12.8 Å². The van der Waals surface area contributed by atoms with Gasteiger partial charge in [-0.2, -0.15) is 23.4 Å². The predicted molar refractivity (Wildman–Crippen MR) is 84.2 cm³/mol. The van der Waals surface area contributed by atoms with Crippen LogP contribution in [0.5, 0.6) is 0 Å². The van der Waals surface area contributed by atoms with Crippen LogP contribution in [-0.2, 0) is 29.3 Å². The van der Waals surface area contributed by atoms with Gasteiger partial charge in [0.25, 0.3) is 0 Å². The lowest BCUT2D eigenvalue weighted by atomic mass is 10.2. The van der Waals surface area contributed by atoms with E-state index in [1.54, 1.807) is 13.8 Å². The van der Waals surface area contributed by atoms with E-state index in [4.69, 9.17) is 0 Å². The summed E-state index contributed by atoms with van der Waals surface area (Å²) in [5, 5.41) is 7.55. The Hall–Kier alpha value is -1.88. The van der Waals surface area contributed by atoms with Crippen LogP contribution < -0.4 is 4.72 Å². The number of halogens is 3. The summed E-state index contributed by atoms with van der Waals surface area (Å²) >= 11 is 0. The number of nitrogens with zero attached hydrogens (tertiary/aromatic N) is 4. The molecule has 0 bridgehead atoms. The van der Waals surface area contributed by atoms with Gasteiger partial charge in [0, 0.05) is 32.0 Å². The Balaban J connectivity index is 1.98. The van der Waals surface area contributed by atoms with Gasteiger partial charge in [-0.05, 0) is 25.8 Å². The summed E-state index contributed by atoms with van der Waals surface area (Å²) in [5.41, 5.74) is -0.577. The highest BCUT2D eigenvalue weighted by Crippen LogP contribution is 2.27. The van der Waals surface area contributed by atoms with Crippen molar-refractivity contribution < 1.29 is 21.6 Å². The number of rotatable bonds is 7. The fourth-order valence-electron chi connectivity index (χ4n) is 2.25. The van der Waals surface area contributed by atoms with Crippen molar-refractivity contribution >= 4 is 10.0 Å². The van der Waals surface area contributed by atoms with Crippen LogP contribution in [0.25, 0.3) is 0 Å². The molecule has 0 aliphatic carbocycles. The molecule has 0 aromatic carbocycles. The van der Waals surface area contributed by atoms with Gasteiger partial charge in [0.05, 0.1) is 5.69 Å². The summed E-state index contributed by atoms with van der Waals surface area (Å²) in [6, 6.07) is 0.888. The number of alkyl halides is 3. The SMILES string of the molecule is CCn1cc(S(=O)(=O)NC[C@@H](C)Cn2ccc(C(F)(F)F)n2)c(C)n1. The monoisotopic (exact) mass is 379 g/mol. The van der Waals surface area contributed by atoms with E-state index in [1.165, 1.54) is 17.1 Å². The molecule has 2 aromatic heterocycles. The topological polar surface area (TPSA) is 81.8 Å². The number of hydrogen-bond acceptors (Lipinski definition) is 4. The summed E-state index contributed by atoms with van der Waals surface area (Å²) in [5.74, 6) is -0.253. The molecule has 1 N–H and O–H groups in total. The molecule has 7 nitrogen and oxygen atoms in total. The van der Waals surface area contributed by atoms with Crippen molar-refractivity contribution in [3.05, 3.63) is 29.8 Å². The molecule has 0 aliphatic rings. The van der Waals surface area contributed by atoms with Crippen LogP contribution in [0.2, 0.25) is 0 Å². The van der Waals surface area contributed by atoms with Gasteiger partial charge in [0.1, 0.15) is 4.90 Å². The summed E-state index contributed by atoms with van der Waals surface area (Å²) in [7, 11) is -3.73. The molecule has 0 saturated carbocycles. The average Bonchev–Trinajstić information content (AvgIpc) is 3.11. The summed E-state index contributed by atoms with van der Waals surface area (Å²) < 4.78 is 67.4. The van der Waals surface area contributed by atoms with Crippen LogP contribution in [0.15, 0.2) is 23.4 Å². The van der Waals surface area contributed by atoms with Gasteiger partial charge in [-0.15, -0.1) is 0 Å². The lowest BCUT2D eigenvalue weighted by Gasteiger charge is -2.13. The zero-order valence-corrected chi connectivity index (χ0v) is 14.9. The molecule has 2 heterocycles. The zero-order chi connectivity index (χ0) is 18.8. The maximum absolute atomic E-state index is 12.5. The molecule has 25 heavy (non-hydrogen) atoms. The molecule has 140 valence electrons. The normalized spacial score (nSPS) is 14.0. The third kappa shape index (κ3) is 4.82. The Morgan fingerprint density at radius 3 is 2.48 bits per heavy atom. The number of aryl methyl sites for hydroxylation is 2.